The fourth-order valence-corrected chi connectivity index (χ4v) is 1.87. The van der Waals surface area contributed by atoms with Crippen molar-refractivity contribution in [2.75, 3.05) is 19.6 Å². The van der Waals surface area contributed by atoms with E-state index >= 15 is 0 Å². The summed E-state index contributed by atoms with van der Waals surface area (Å²) in [7, 11) is 0. The van der Waals surface area contributed by atoms with Gasteiger partial charge in [-0.1, -0.05) is 0 Å². The molecule has 0 spiro atoms. The SMILES string of the molecule is NC(=O)CCNC1CCN(C(=O)C(F)(F)F)CC1. The Bertz CT molecular complexity index is 312. The number of carbonyl (C=O) groups is 2. The molecule has 104 valence electrons. The molecule has 0 radical (unpaired) electrons. The van der Waals surface area contributed by atoms with Crippen molar-refractivity contribution in [2.24, 2.45) is 5.73 Å². The minimum absolute atomic E-state index is 0.0293. The van der Waals surface area contributed by atoms with Crippen molar-refractivity contribution in [3.05, 3.63) is 0 Å². The Morgan fingerprint density at radius 2 is 1.83 bits per heavy atom. The minimum atomic E-state index is -4.80. The lowest BCUT2D eigenvalue weighted by molar-refractivity contribution is -0.186. The standard InChI is InChI=1S/C10H16F3N3O2/c11-10(12,13)9(18)16-5-2-7(3-6-16)15-4-1-8(14)17/h7,15H,1-6H2,(H2,14,17). The first kappa shape index (κ1) is 14.7. The molecular formula is C10H16F3N3O2. The minimum Gasteiger partial charge on any atom is -0.370 e. The summed E-state index contributed by atoms with van der Waals surface area (Å²) in [5.41, 5.74) is 4.96. The van der Waals surface area contributed by atoms with Crippen LogP contribution in [0.3, 0.4) is 0 Å². The molecule has 0 aliphatic carbocycles. The number of piperidine rings is 1. The summed E-state index contributed by atoms with van der Waals surface area (Å²) < 4.78 is 36.5. The topological polar surface area (TPSA) is 75.4 Å². The molecule has 0 bridgehead atoms. The van der Waals surface area contributed by atoms with Gasteiger partial charge in [-0.2, -0.15) is 13.2 Å². The first-order valence-electron chi connectivity index (χ1n) is 5.68. The van der Waals surface area contributed by atoms with Crippen molar-refractivity contribution in [2.45, 2.75) is 31.5 Å². The van der Waals surface area contributed by atoms with Crippen LogP contribution in [0.25, 0.3) is 0 Å². The molecule has 1 heterocycles. The van der Waals surface area contributed by atoms with Crippen molar-refractivity contribution >= 4 is 11.8 Å². The number of rotatable bonds is 4. The number of hydrogen-bond acceptors (Lipinski definition) is 3. The van der Waals surface area contributed by atoms with Crippen molar-refractivity contribution < 1.29 is 22.8 Å². The second-order valence-corrected chi connectivity index (χ2v) is 4.23. The zero-order valence-corrected chi connectivity index (χ0v) is 9.79. The quantitative estimate of drug-likeness (QED) is 0.753. The van der Waals surface area contributed by atoms with Gasteiger partial charge in [-0.3, -0.25) is 9.59 Å². The highest BCUT2D eigenvalue weighted by molar-refractivity contribution is 5.81. The van der Waals surface area contributed by atoms with Gasteiger partial charge in [0.15, 0.2) is 0 Å². The second kappa shape index (κ2) is 6.03. The second-order valence-electron chi connectivity index (χ2n) is 4.23. The summed E-state index contributed by atoms with van der Waals surface area (Å²) in [6, 6.07) is 0.0293. The van der Waals surface area contributed by atoms with Crippen molar-refractivity contribution in [3.63, 3.8) is 0 Å². The van der Waals surface area contributed by atoms with Crippen LogP contribution in [0.5, 0.6) is 0 Å². The monoisotopic (exact) mass is 267 g/mol. The molecular weight excluding hydrogens is 251 g/mol. The number of likely N-dealkylation sites (tertiary alicyclic amines) is 1. The van der Waals surface area contributed by atoms with Crippen LogP contribution in [-0.4, -0.2) is 48.6 Å². The average molecular weight is 267 g/mol. The van der Waals surface area contributed by atoms with E-state index in [0.717, 1.165) is 4.90 Å². The van der Waals surface area contributed by atoms with Gasteiger partial charge in [-0.05, 0) is 12.8 Å². The van der Waals surface area contributed by atoms with E-state index in [-0.39, 0.29) is 25.6 Å². The molecule has 3 N–H and O–H groups in total. The number of halogens is 3. The van der Waals surface area contributed by atoms with Crippen LogP contribution < -0.4 is 11.1 Å². The lowest BCUT2D eigenvalue weighted by Crippen LogP contribution is -2.49. The molecule has 5 nitrogen and oxygen atoms in total. The predicted octanol–water partition coefficient (Wildman–Crippen LogP) is 0.00470. The predicted molar refractivity (Wildman–Crippen MR) is 57.5 cm³/mol. The highest BCUT2D eigenvalue weighted by atomic mass is 19.4. The maximum atomic E-state index is 12.2. The van der Waals surface area contributed by atoms with E-state index in [1.54, 1.807) is 0 Å². The Morgan fingerprint density at radius 1 is 1.28 bits per heavy atom. The molecule has 1 fully saturated rings. The maximum Gasteiger partial charge on any atom is 0.471 e. The van der Waals surface area contributed by atoms with Crippen LogP contribution in [0.2, 0.25) is 0 Å². The highest BCUT2D eigenvalue weighted by Crippen LogP contribution is 2.21. The summed E-state index contributed by atoms with van der Waals surface area (Å²) in [5, 5.41) is 3.03. The zero-order chi connectivity index (χ0) is 13.8. The summed E-state index contributed by atoms with van der Waals surface area (Å²) in [4.78, 5) is 22.3. The number of amides is 2. The number of nitrogens with one attached hydrogen (secondary N) is 1. The number of primary amides is 1. The molecule has 18 heavy (non-hydrogen) atoms. The van der Waals surface area contributed by atoms with Gasteiger partial charge in [0, 0.05) is 32.1 Å². The molecule has 8 heteroatoms. The Hall–Kier alpha value is -1.31. The summed E-state index contributed by atoms with van der Waals surface area (Å²) in [6.07, 6.45) is -3.71. The van der Waals surface area contributed by atoms with Gasteiger partial charge in [0.05, 0.1) is 0 Å². The Morgan fingerprint density at radius 3 is 2.28 bits per heavy atom. The maximum absolute atomic E-state index is 12.2. The van der Waals surface area contributed by atoms with Gasteiger partial charge < -0.3 is 16.0 Å². The number of carbonyl (C=O) groups excluding carboxylic acids is 2. The van der Waals surface area contributed by atoms with Crippen LogP contribution in [0.15, 0.2) is 0 Å². The fraction of sp³-hybridized carbons (Fsp3) is 0.800. The number of nitrogens with two attached hydrogens (primary N) is 1. The molecule has 0 saturated carbocycles. The number of alkyl halides is 3. The van der Waals surface area contributed by atoms with Gasteiger partial charge in [0.2, 0.25) is 5.91 Å². The number of nitrogens with zero attached hydrogens (tertiary/aromatic N) is 1. The van der Waals surface area contributed by atoms with E-state index in [1.807, 2.05) is 0 Å². The van der Waals surface area contributed by atoms with Crippen LogP contribution in [0, 0.1) is 0 Å². The third-order valence-electron chi connectivity index (χ3n) is 2.83. The third kappa shape index (κ3) is 4.52. The van der Waals surface area contributed by atoms with Gasteiger partial charge in [0.1, 0.15) is 0 Å². The first-order valence-corrected chi connectivity index (χ1v) is 5.68. The molecule has 1 saturated heterocycles. The molecule has 0 aromatic heterocycles. The molecule has 1 aliphatic rings. The van der Waals surface area contributed by atoms with Crippen molar-refractivity contribution in [3.8, 4) is 0 Å². The van der Waals surface area contributed by atoms with E-state index in [2.05, 4.69) is 5.32 Å². The first-order chi connectivity index (χ1) is 8.30. The van der Waals surface area contributed by atoms with Crippen LogP contribution >= 0.6 is 0 Å². The molecule has 2 amide bonds. The smallest absolute Gasteiger partial charge is 0.370 e. The molecule has 0 atom stereocenters. The average Bonchev–Trinajstić information content (AvgIpc) is 2.27. The van der Waals surface area contributed by atoms with Gasteiger partial charge in [0.25, 0.3) is 0 Å². The van der Waals surface area contributed by atoms with Crippen LogP contribution in [-0.2, 0) is 9.59 Å². The van der Waals surface area contributed by atoms with E-state index in [4.69, 9.17) is 5.73 Å². The van der Waals surface area contributed by atoms with Gasteiger partial charge in [-0.25, -0.2) is 0 Å². The van der Waals surface area contributed by atoms with Crippen LogP contribution in [0.1, 0.15) is 19.3 Å². The number of hydrogen-bond donors (Lipinski definition) is 2. The van der Waals surface area contributed by atoms with Crippen molar-refractivity contribution in [1.82, 2.24) is 10.2 Å². The van der Waals surface area contributed by atoms with Gasteiger partial charge in [-0.15, -0.1) is 0 Å². The third-order valence-corrected chi connectivity index (χ3v) is 2.83. The molecule has 0 unspecified atom stereocenters. The molecule has 1 aliphatic heterocycles. The summed E-state index contributed by atoms with van der Waals surface area (Å²) >= 11 is 0. The summed E-state index contributed by atoms with van der Waals surface area (Å²) in [5.74, 6) is -2.20. The Kier molecular flexibility index (Phi) is 4.94. The molecule has 0 aromatic carbocycles. The van der Waals surface area contributed by atoms with E-state index in [9.17, 15) is 22.8 Å². The largest absolute Gasteiger partial charge is 0.471 e. The van der Waals surface area contributed by atoms with Crippen LogP contribution in [0.4, 0.5) is 13.2 Å². The lowest BCUT2D eigenvalue weighted by Gasteiger charge is -2.32. The fourth-order valence-electron chi connectivity index (χ4n) is 1.87. The van der Waals surface area contributed by atoms with E-state index in [1.165, 1.54) is 0 Å². The molecule has 0 aromatic rings. The Balaban J connectivity index is 2.28. The summed E-state index contributed by atoms with van der Waals surface area (Å²) in [6.45, 7) is 0.562. The highest BCUT2D eigenvalue weighted by Gasteiger charge is 2.43. The van der Waals surface area contributed by atoms with E-state index in [0.29, 0.717) is 19.4 Å². The van der Waals surface area contributed by atoms with E-state index < -0.39 is 18.0 Å². The molecule has 1 rings (SSSR count). The van der Waals surface area contributed by atoms with Gasteiger partial charge >= 0.3 is 12.1 Å². The Labute approximate surface area is 102 Å². The zero-order valence-electron chi connectivity index (χ0n) is 9.79. The lowest BCUT2D eigenvalue weighted by atomic mass is 10.0. The normalized spacial score (nSPS) is 17.8. The van der Waals surface area contributed by atoms with Crippen molar-refractivity contribution in [1.29, 1.82) is 0 Å².